The summed E-state index contributed by atoms with van der Waals surface area (Å²) in [4.78, 5) is 24.7. The van der Waals surface area contributed by atoms with Crippen molar-refractivity contribution < 1.29 is 9.59 Å². The maximum Gasteiger partial charge on any atom is 0.255 e. The predicted octanol–water partition coefficient (Wildman–Crippen LogP) is 5.21. The number of nitrogens with one attached hydrogen (secondary N) is 2. The molecule has 0 saturated carbocycles. The van der Waals surface area contributed by atoms with Crippen molar-refractivity contribution in [2.45, 2.75) is 26.2 Å². The second-order valence-corrected chi connectivity index (χ2v) is 6.75. The van der Waals surface area contributed by atoms with Gasteiger partial charge in [-0.15, -0.1) is 0 Å². The third kappa shape index (κ3) is 5.55. The molecule has 0 aromatic heterocycles. The van der Waals surface area contributed by atoms with Crippen molar-refractivity contribution in [1.82, 2.24) is 0 Å². The van der Waals surface area contributed by atoms with E-state index in [9.17, 15) is 9.59 Å². The molecule has 28 heavy (non-hydrogen) atoms. The summed E-state index contributed by atoms with van der Waals surface area (Å²) in [6, 6.07) is 24.6. The van der Waals surface area contributed by atoms with E-state index in [2.05, 4.69) is 41.8 Å². The van der Waals surface area contributed by atoms with E-state index in [1.165, 1.54) is 11.1 Å². The minimum Gasteiger partial charge on any atom is -0.324 e. The zero-order valence-corrected chi connectivity index (χ0v) is 15.9. The normalized spacial score (nSPS) is 10.3. The lowest BCUT2D eigenvalue weighted by atomic mass is 10.1. The average molecular weight is 372 g/mol. The number of hydrogen-bond acceptors (Lipinski definition) is 2. The smallest absolute Gasteiger partial charge is 0.255 e. The van der Waals surface area contributed by atoms with Crippen molar-refractivity contribution in [1.29, 1.82) is 0 Å². The number of anilines is 2. The molecule has 0 aliphatic carbocycles. The topological polar surface area (TPSA) is 58.2 Å². The van der Waals surface area contributed by atoms with E-state index >= 15 is 0 Å². The van der Waals surface area contributed by atoms with Gasteiger partial charge in [0.1, 0.15) is 0 Å². The van der Waals surface area contributed by atoms with Gasteiger partial charge in [-0.3, -0.25) is 9.59 Å². The molecule has 4 heteroatoms. The number of carbonyl (C=O) groups is 2. The Kier molecular flexibility index (Phi) is 6.58. The van der Waals surface area contributed by atoms with Crippen LogP contribution in [0.3, 0.4) is 0 Å². The number of para-hydroxylation sites is 2. The van der Waals surface area contributed by atoms with E-state index in [1.54, 1.807) is 24.3 Å². The molecule has 0 unspecified atom stereocenters. The maximum absolute atomic E-state index is 12.4. The fourth-order valence-corrected chi connectivity index (χ4v) is 2.91. The van der Waals surface area contributed by atoms with Gasteiger partial charge >= 0.3 is 0 Å². The van der Waals surface area contributed by atoms with Crippen molar-refractivity contribution in [3.8, 4) is 0 Å². The minimum absolute atomic E-state index is 0.0616. The molecule has 0 radical (unpaired) electrons. The molecular formula is C24H24N2O2. The largest absolute Gasteiger partial charge is 0.324 e. The Balaban J connectivity index is 1.55. The molecule has 3 rings (SSSR count). The summed E-state index contributed by atoms with van der Waals surface area (Å²) >= 11 is 0. The van der Waals surface area contributed by atoms with Crippen LogP contribution in [0.15, 0.2) is 78.9 Å². The van der Waals surface area contributed by atoms with Gasteiger partial charge in [0.15, 0.2) is 0 Å². The molecule has 0 fully saturated rings. The first kappa shape index (κ1) is 19.4. The summed E-state index contributed by atoms with van der Waals surface area (Å²) in [6.45, 7) is 2.06. The third-order valence-corrected chi connectivity index (χ3v) is 4.48. The summed E-state index contributed by atoms with van der Waals surface area (Å²) in [5.41, 5.74) is 4.22. The number of hydrogen-bond donors (Lipinski definition) is 2. The lowest BCUT2D eigenvalue weighted by Crippen LogP contribution is -2.16. The van der Waals surface area contributed by atoms with Gasteiger partial charge in [-0.25, -0.2) is 0 Å². The zero-order chi connectivity index (χ0) is 19.8. The average Bonchev–Trinajstić information content (AvgIpc) is 2.71. The molecule has 0 aliphatic rings. The lowest BCUT2D eigenvalue weighted by molar-refractivity contribution is -0.116. The van der Waals surface area contributed by atoms with Crippen molar-refractivity contribution in [2.75, 3.05) is 10.6 Å². The van der Waals surface area contributed by atoms with Crippen LogP contribution in [-0.2, 0) is 11.2 Å². The fourth-order valence-electron chi connectivity index (χ4n) is 2.91. The Morgan fingerprint density at radius 1 is 0.750 bits per heavy atom. The molecule has 0 aliphatic heterocycles. The van der Waals surface area contributed by atoms with Crippen molar-refractivity contribution in [3.05, 3.63) is 95.6 Å². The van der Waals surface area contributed by atoms with Gasteiger partial charge in [-0.1, -0.05) is 60.2 Å². The summed E-state index contributed by atoms with van der Waals surface area (Å²) in [5.74, 6) is -0.268. The third-order valence-electron chi connectivity index (χ3n) is 4.48. The van der Waals surface area contributed by atoms with Crippen LogP contribution in [0.1, 0.15) is 34.3 Å². The standard InChI is InChI=1S/C24H24N2O2/c1-18-14-16-19(17-15-18)8-7-13-23(27)25-21-11-5-6-12-22(21)26-24(28)20-9-3-2-4-10-20/h2-6,9-12,14-17H,7-8,13H2,1H3,(H,25,27)(H,26,28). The molecular weight excluding hydrogens is 348 g/mol. The Labute approximate surface area is 165 Å². The fraction of sp³-hybridized carbons (Fsp3) is 0.167. The first-order valence-electron chi connectivity index (χ1n) is 9.42. The van der Waals surface area contributed by atoms with Gasteiger partial charge in [-0.2, -0.15) is 0 Å². The van der Waals surface area contributed by atoms with Crippen LogP contribution in [0, 0.1) is 6.92 Å². The molecule has 4 nitrogen and oxygen atoms in total. The lowest BCUT2D eigenvalue weighted by Gasteiger charge is -2.12. The predicted molar refractivity (Wildman–Crippen MR) is 114 cm³/mol. The highest BCUT2D eigenvalue weighted by atomic mass is 16.2. The van der Waals surface area contributed by atoms with E-state index < -0.39 is 0 Å². The summed E-state index contributed by atoms with van der Waals surface area (Å²) < 4.78 is 0. The molecule has 2 amide bonds. The van der Waals surface area contributed by atoms with E-state index in [4.69, 9.17) is 0 Å². The van der Waals surface area contributed by atoms with Crippen LogP contribution >= 0.6 is 0 Å². The van der Waals surface area contributed by atoms with Crippen molar-refractivity contribution >= 4 is 23.2 Å². The monoisotopic (exact) mass is 372 g/mol. The Bertz CT molecular complexity index is 934. The van der Waals surface area contributed by atoms with Gasteiger partial charge in [-0.05, 0) is 49.6 Å². The van der Waals surface area contributed by atoms with Crippen LogP contribution < -0.4 is 10.6 Å². The van der Waals surface area contributed by atoms with Crippen LogP contribution in [-0.4, -0.2) is 11.8 Å². The van der Waals surface area contributed by atoms with Crippen LogP contribution in [0.2, 0.25) is 0 Å². The number of aryl methyl sites for hydroxylation is 2. The molecule has 0 saturated heterocycles. The van der Waals surface area contributed by atoms with Crippen LogP contribution in [0.25, 0.3) is 0 Å². The van der Waals surface area contributed by atoms with Crippen molar-refractivity contribution in [2.24, 2.45) is 0 Å². The number of rotatable bonds is 7. The second kappa shape index (κ2) is 9.51. The number of amides is 2. The first-order chi connectivity index (χ1) is 13.6. The van der Waals surface area contributed by atoms with Gasteiger partial charge in [0, 0.05) is 12.0 Å². The molecule has 0 bridgehead atoms. The Morgan fingerprint density at radius 2 is 1.36 bits per heavy atom. The van der Waals surface area contributed by atoms with Gasteiger partial charge in [0.05, 0.1) is 11.4 Å². The highest BCUT2D eigenvalue weighted by Crippen LogP contribution is 2.22. The first-order valence-corrected chi connectivity index (χ1v) is 9.42. The summed E-state index contributed by atoms with van der Waals surface area (Å²) in [6.07, 6.45) is 2.06. The Morgan fingerprint density at radius 3 is 2.04 bits per heavy atom. The molecule has 0 spiro atoms. The molecule has 2 N–H and O–H groups in total. The van der Waals surface area contributed by atoms with Crippen LogP contribution in [0.4, 0.5) is 11.4 Å². The molecule has 0 heterocycles. The van der Waals surface area contributed by atoms with E-state index in [1.807, 2.05) is 30.3 Å². The maximum atomic E-state index is 12.4. The minimum atomic E-state index is -0.207. The van der Waals surface area contributed by atoms with Gasteiger partial charge in [0.25, 0.3) is 5.91 Å². The SMILES string of the molecule is Cc1ccc(CCCC(=O)Nc2ccccc2NC(=O)c2ccccc2)cc1. The molecule has 142 valence electrons. The van der Waals surface area contributed by atoms with Crippen LogP contribution in [0.5, 0.6) is 0 Å². The summed E-state index contributed by atoms with van der Waals surface area (Å²) in [7, 11) is 0. The summed E-state index contributed by atoms with van der Waals surface area (Å²) in [5, 5.41) is 5.77. The van der Waals surface area contributed by atoms with Gasteiger partial charge < -0.3 is 10.6 Å². The van der Waals surface area contributed by atoms with E-state index in [0.29, 0.717) is 23.4 Å². The zero-order valence-electron chi connectivity index (χ0n) is 15.9. The molecule has 3 aromatic rings. The molecule has 3 aromatic carbocycles. The number of carbonyl (C=O) groups excluding carboxylic acids is 2. The highest BCUT2D eigenvalue weighted by molar-refractivity contribution is 6.07. The van der Waals surface area contributed by atoms with E-state index in [0.717, 1.165) is 12.8 Å². The number of benzene rings is 3. The van der Waals surface area contributed by atoms with Crippen molar-refractivity contribution in [3.63, 3.8) is 0 Å². The highest BCUT2D eigenvalue weighted by Gasteiger charge is 2.10. The Hall–Kier alpha value is -3.40. The second-order valence-electron chi connectivity index (χ2n) is 6.75. The van der Waals surface area contributed by atoms with E-state index in [-0.39, 0.29) is 11.8 Å². The quantitative estimate of drug-likeness (QED) is 0.598. The van der Waals surface area contributed by atoms with Gasteiger partial charge in [0.2, 0.25) is 5.91 Å². The molecule has 0 atom stereocenters.